The van der Waals surface area contributed by atoms with Crippen LogP contribution in [-0.2, 0) is 0 Å². The van der Waals surface area contributed by atoms with E-state index in [1.54, 1.807) is 0 Å². The van der Waals surface area contributed by atoms with Crippen molar-refractivity contribution in [3.05, 3.63) is 28.0 Å². The second kappa shape index (κ2) is 5.63. The van der Waals surface area contributed by atoms with Crippen LogP contribution in [0.1, 0.15) is 12.2 Å². The number of hydrogen-bond acceptors (Lipinski definition) is 10. The maximum Gasteiger partial charge on any atom is 0.433 e. The monoisotopic (exact) mass is 304 g/mol. The lowest BCUT2D eigenvalue weighted by Gasteiger charge is -2.30. The molecule has 1 saturated heterocycles. The SMILES string of the molecule is Nc1nc(N/N=C/c2ccc([N+](=O)[O-])o2)nc(N2CCC2)n1. The molecule has 22 heavy (non-hydrogen) atoms. The molecule has 3 rings (SSSR count). The fraction of sp³-hybridized carbons (Fsp3) is 0.273. The van der Waals surface area contributed by atoms with Crippen LogP contribution < -0.4 is 16.1 Å². The zero-order valence-electron chi connectivity index (χ0n) is 11.3. The minimum Gasteiger partial charge on any atom is -0.400 e. The van der Waals surface area contributed by atoms with Crippen LogP contribution in [0, 0.1) is 10.1 Å². The second-order valence-electron chi connectivity index (χ2n) is 4.46. The number of aromatic nitrogens is 3. The minimum atomic E-state index is -0.628. The Kier molecular flexibility index (Phi) is 3.52. The predicted molar refractivity (Wildman–Crippen MR) is 77.6 cm³/mol. The fourth-order valence-electron chi connectivity index (χ4n) is 1.75. The first-order chi connectivity index (χ1) is 10.6. The number of nitro groups is 1. The van der Waals surface area contributed by atoms with E-state index < -0.39 is 4.92 Å². The zero-order chi connectivity index (χ0) is 15.5. The maximum atomic E-state index is 10.5. The first-order valence-electron chi connectivity index (χ1n) is 6.41. The molecule has 11 nitrogen and oxygen atoms in total. The summed E-state index contributed by atoms with van der Waals surface area (Å²) in [5.41, 5.74) is 8.21. The Morgan fingerprint density at radius 1 is 1.41 bits per heavy atom. The molecule has 0 atom stereocenters. The van der Waals surface area contributed by atoms with Crippen LogP contribution in [-0.4, -0.2) is 39.2 Å². The summed E-state index contributed by atoms with van der Waals surface area (Å²) in [6.45, 7) is 1.75. The normalized spacial score (nSPS) is 14.1. The molecule has 2 aromatic rings. The Morgan fingerprint density at radius 3 is 2.86 bits per heavy atom. The molecule has 11 heteroatoms. The van der Waals surface area contributed by atoms with E-state index in [1.165, 1.54) is 18.3 Å². The van der Waals surface area contributed by atoms with Gasteiger partial charge in [-0.3, -0.25) is 10.1 Å². The molecule has 1 aliphatic rings. The lowest BCUT2D eigenvalue weighted by Crippen LogP contribution is -2.38. The summed E-state index contributed by atoms with van der Waals surface area (Å²) in [6, 6.07) is 2.67. The van der Waals surface area contributed by atoms with E-state index in [4.69, 9.17) is 10.2 Å². The molecule has 0 bridgehead atoms. The third kappa shape index (κ3) is 2.92. The number of furan rings is 1. The number of nitrogen functional groups attached to an aromatic ring is 1. The summed E-state index contributed by atoms with van der Waals surface area (Å²) in [5, 5.41) is 14.3. The minimum absolute atomic E-state index is 0.0863. The summed E-state index contributed by atoms with van der Waals surface area (Å²) in [6.07, 6.45) is 2.36. The van der Waals surface area contributed by atoms with E-state index in [1.807, 2.05) is 4.90 Å². The Balaban J connectivity index is 1.68. The summed E-state index contributed by atoms with van der Waals surface area (Å²) in [7, 11) is 0. The Bertz CT molecular complexity index is 724. The van der Waals surface area contributed by atoms with E-state index in [9.17, 15) is 10.1 Å². The van der Waals surface area contributed by atoms with Gasteiger partial charge in [-0.1, -0.05) is 0 Å². The van der Waals surface area contributed by atoms with Crippen molar-refractivity contribution in [2.45, 2.75) is 6.42 Å². The number of nitrogens with zero attached hydrogens (tertiary/aromatic N) is 6. The molecule has 0 aliphatic carbocycles. The molecule has 1 fully saturated rings. The van der Waals surface area contributed by atoms with E-state index in [0.717, 1.165) is 19.5 Å². The number of nitrogens with one attached hydrogen (secondary N) is 1. The van der Waals surface area contributed by atoms with E-state index in [2.05, 4.69) is 25.5 Å². The van der Waals surface area contributed by atoms with Gasteiger partial charge in [0.2, 0.25) is 17.8 Å². The van der Waals surface area contributed by atoms with Crippen LogP contribution in [0.5, 0.6) is 0 Å². The van der Waals surface area contributed by atoms with Crippen LogP contribution in [0.2, 0.25) is 0 Å². The summed E-state index contributed by atoms with van der Waals surface area (Å²) in [4.78, 5) is 23.9. The van der Waals surface area contributed by atoms with Crippen molar-refractivity contribution in [1.82, 2.24) is 15.0 Å². The van der Waals surface area contributed by atoms with Crippen molar-refractivity contribution in [2.24, 2.45) is 5.10 Å². The molecule has 0 spiro atoms. The van der Waals surface area contributed by atoms with Gasteiger partial charge in [0.1, 0.15) is 4.92 Å². The average molecular weight is 304 g/mol. The van der Waals surface area contributed by atoms with Crippen molar-refractivity contribution >= 4 is 29.9 Å². The summed E-state index contributed by atoms with van der Waals surface area (Å²) < 4.78 is 4.92. The van der Waals surface area contributed by atoms with Crippen LogP contribution in [0.25, 0.3) is 0 Å². The zero-order valence-corrected chi connectivity index (χ0v) is 11.3. The van der Waals surface area contributed by atoms with Crippen molar-refractivity contribution in [3.63, 3.8) is 0 Å². The standard InChI is InChI=1S/C11H12N8O3/c12-9-14-10(16-11(15-9)18-4-1-5-18)17-13-6-7-2-3-8(22-7)19(20)21/h2-3,6H,1,4-5H2,(H3,12,14,15,16,17)/b13-6+. The van der Waals surface area contributed by atoms with E-state index in [-0.39, 0.29) is 23.5 Å². The van der Waals surface area contributed by atoms with Gasteiger partial charge in [-0.25, -0.2) is 5.43 Å². The molecule has 3 N–H and O–H groups in total. The van der Waals surface area contributed by atoms with Gasteiger partial charge in [0.05, 0.1) is 12.3 Å². The summed E-state index contributed by atoms with van der Waals surface area (Å²) in [5.74, 6) is 0.634. The highest BCUT2D eigenvalue weighted by molar-refractivity contribution is 5.76. The molecular weight excluding hydrogens is 292 g/mol. The van der Waals surface area contributed by atoms with Gasteiger partial charge < -0.3 is 15.1 Å². The van der Waals surface area contributed by atoms with E-state index >= 15 is 0 Å². The highest BCUT2D eigenvalue weighted by Gasteiger charge is 2.18. The molecule has 114 valence electrons. The third-order valence-electron chi connectivity index (χ3n) is 2.93. The quantitative estimate of drug-likeness (QED) is 0.460. The highest BCUT2D eigenvalue weighted by atomic mass is 16.6. The van der Waals surface area contributed by atoms with Gasteiger partial charge in [0.15, 0.2) is 5.76 Å². The smallest absolute Gasteiger partial charge is 0.400 e. The number of anilines is 3. The van der Waals surface area contributed by atoms with Crippen LogP contribution in [0.15, 0.2) is 21.7 Å². The number of rotatable bonds is 5. The Morgan fingerprint density at radius 2 is 2.23 bits per heavy atom. The molecule has 0 amide bonds. The molecule has 0 radical (unpaired) electrons. The third-order valence-corrected chi connectivity index (χ3v) is 2.93. The molecular formula is C11H12N8O3. The summed E-state index contributed by atoms with van der Waals surface area (Å²) >= 11 is 0. The Hall–Kier alpha value is -3.24. The van der Waals surface area contributed by atoms with Gasteiger partial charge >= 0.3 is 5.88 Å². The highest BCUT2D eigenvalue weighted by Crippen LogP contribution is 2.18. The first-order valence-corrected chi connectivity index (χ1v) is 6.41. The van der Waals surface area contributed by atoms with Crippen molar-refractivity contribution in [3.8, 4) is 0 Å². The van der Waals surface area contributed by atoms with Crippen LogP contribution in [0.3, 0.4) is 0 Å². The molecule has 0 aromatic carbocycles. The van der Waals surface area contributed by atoms with Gasteiger partial charge in [-0.05, 0) is 12.5 Å². The fourth-order valence-corrected chi connectivity index (χ4v) is 1.75. The van der Waals surface area contributed by atoms with Crippen molar-refractivity contribution < 1.29 is 9.34 Å². The molecule has 0 saturated carbocycles. The molecule has 3 heterocycles. The Labute approximate surface area is 124 Å². The molecule has 0 unspecified atom stereocenters. The van der Waals surface area contributed by atoms with Gasteiger partial charge in [-0.2, -0.15) is 20.1 Å². The maximum absolute atomic E-state index is 10.5. The lowest BCUT2D eigenvalue weighted by atomic mass is 10.2. The largest absolute Gasteiger partial charge is 0.433 e. The van der Waals surface area contributed by atoms with Crippen molar-refractivity contribution in [2.75, 3.05) is 29.1 Å². The molecule has 1 aliphatic heterocycles. The lowest BCUT2D eigenvalue weighted by molar-refractivity contribution is -0.402. The van der Waals surface area contributed by atoms with Gasteiger partial charge in [0.25, 0.3) is 0 Å². The second-order valence-corrected chi connectivity index (χ2v) is 4.46. The number of hydrazone groups is 1. The average Bonchev–Trinajstić information content (AvgIpc) is 2.85. The number of nitrogens with two attached hydrogens (primary N) is 1. The number of hydrogen-bond donors (Lipinski definition) is 2. The van der Waals surface area contributed by atoms with Gasteiger partial charge in [0, 0.05) is 13.1 Å². The van der Waals surface area contributed by atoms with Crippen LogP contribution >= 0.6 is 0 Å². The first kappa shape index (κ1) is 13.7. The van der Waals surface area contributed by atoms with Crippen LogP contribution in [0.4, 0.5) is 23.7 Å². The molecule has 2 aromatic heterocycles. The van der Waals surface area contributed by atoms with E-state index in [0.29, 0.717) is 5.95 Å². The van der Waals surface area contributed by atoms with Crippen molar-refractivity contribution in [1.29, 1.82) is 0 Å². The van der Waals surface area contributed by atoms with Gasteiger partial charge in [-0.15, -0.1) is 0 Å². The topological polar surface area (TPSA) is 149 Å². The predicted octanol–water partition coefficient (Wildman–Crippen LogP) is 0.611.